The molecule has 1 amide bonds. The summed E-state index contributed by atoms with van der Waals surface area (Å²) in [4.78, 5) is 17.2. The molecule has 2 saturated heterocycles. The van der Waals surface area contributed by atoms with E-state index in [0.29, 0.717) is 12.5 Å². The van der Waals surface area contributed by atoms with E-state index in [2.05, 4.69) is 15.3 Å². The highest BCUT2D eigenvalue weighted by molar-refractivity contribution is 5.79. The van der Waals surface area contributed by atoms with E-state index in [1.807, 2.05) is 30.5 Å². The third kappa shape index (κ3) is 3.03. The second-order valence-corrected chi connectivity index (χ2v) is 6.52. The number of aromatic nitrogens is 2. The van der Waals surface area contributed by atoms with Gasteiger partial charge in [0, 0.05) is 63.6 Å². The molecule has 2 fully saturated rings. The number of rotatable bonds is 3. The van der Waals surface area contributed by atoms with Gasteiger partial charge in [0.1, 0.15) is 0 Å². The van der Waals surface area contributed by atoms with Crippen molar-refractivity contribution in [2.24, 2.45) is 7.05 Å². The zero-order chi connectivity index (χ0) is 15.7. The van der Waals surface area contributed by atoms with Gasteiger partial charge >= 0.3 is 0 Å². The molecule has 2 aliphatic heterocycles. The molecule has 1 unspecified atom stereocenters. The minimum atomic E-state index is 0.247. The quantitative estimate of drug-likeness (QED) is 0.860. The van der Waals surface area contributed by atoms with Gasteiger partial charge in [0.05, 0.1) is 12.1 Å². The lowest BCUT2D eigenvalue weighted by Gasteiger charge is -2.32. The van der Waals surface area contributed by atoms with Crippen molar-refractivity contribution in [2.75, 3.05) is 39.3 Å². The average molecular weight is 305 g/mol. The fraction of sp³-hybridized carbons (Fsp3) is 0.750. The maximum atomic E-state index is 12.6. The molecule has 1 aromatic heterocycles. The summed E-state index contributed by atoms with van der Waals surface area (Å²) < 4.78 is 1.87. The highest BCUT2D eigenvalue weighted by Gasteiger charge is 2.31. The van der Waals surface area contributed by atoms with Crippen molar-refractivity contribution >= 4 is 5.91 Å². The van der Waals surface area contributed by atoms with Gasteiger partial charge in [0.15, 0.2) is 0 Å². The van der Waals surface area contributed by atoms with Crippen LogP contribution in [0.1, 0.15) is 23.4 Å². The van der Waals surface area contributed by atoms with Gasteiger partial charge in [-0.05, 0) is 20.3 Å². The molecule has 0 aromatic carbocycles. The van der Waals surface area contributed by atoms with Crippen molar-refractivity contribution in [3.05, 3.63) is 17.0 Å². The first-order valence-electron chi connectivity index (χ1n) is 8.28. The standard InChI is InChI=1S/C16H27N5O/c1-12-15(13(2)19(3)18-12)10-16(22)21-7-4-14(11-21)20-8-5-17-6-9-20/h14,17H,4-11H2,1-3H3. The molecule has 1 atom stereocenters. The number of nitrogens with zero attached hydrogens (tertiary/aromatic N) is 4. The fourth-order valence-corrected chi connectivity index (χ4v) is 3.65. The van der Waals surface area contributed by atoms with Crippen molar-refractivity contribution in [2.45, 2.75) is 32.7 Å². The van der Waals surface area contributed by atoms with E-state index in [0.717, 1.165) is 62.6 Å². The first-order valence-corrected chi connectivity index (χ1v) is 8.28. The zero-order valence-corrected chi connectivity index (χ0v) is 13.9. The largest absolute Gasteiger partial charge is 0.341 e. The monoisotopic (exact) mass is 305 g/mol. The maximum absolute atomic E-state index is 12.6. The van der Waals surface area contributed by atoms with Crippen LogP contribution >= 0.6 is 0 Å². The summed E-state index contributed by atoms with van der Waals surface area (Å²) in [6.45, 7) is 10.2. The molecular formula is C16H27N5O. The molecule has 6 nitrogen and oxygen atoms in total. The Balaban J connectivity index is 1.59. The van der Waals surface area contributed by atoms with Crippen LogP contribution in [0.4, 0.5) is 0 Å². The van der Waals surface area contributed by atoms with Gasteiger partial charge in [-0.15, -0.1) is 0 Å². The van der Waals surface area contributed by atoms with Crippen LogP contribution in [-0.4, -0.2) is 70.8 Å². The Hall–Kier alpha value is -1.40. The number of amides is 1. The smallest absolute Gasteiger partial charge is 0.227 e. The molecule has 0 bridgehead atoms. The normalized spacial score (nSPS) is 23.2. The lowest BCUT2D eigenvalue weighted by atomic mass is 10.1. The van der Waals surface area contributed by atoms with E-state index >= 15 is 0 Å². The summed E-state index contributed by atoms with van der Waals surface area (Å²) >= 11 is 0. The van der Waals surface area contributed by atoms with Crippen molar-refractivity contribution in [3.63, 3.8) is 0 Å². The highest BCUT2D eigenvalue weighted by Crippen LogP contribution is 2.19. The summed E-state index contributed by atoms with van der Waals surface area (Å²) in [5.74, 6) is 0.247. The Morgan fingerprint density at radius 1 is 1.27 bits per heavy atom. The molecule has 1 N–H and O–H groups in total. The predicted octanol–water partition coefficient (Wildman–Crippen LogP) is 0.0855. The Morgan fingerprint density at radius 3 is 2.64 bits per heavy atom. The number of carbonyl (C=O) groups excluding carboxylic acids is 1. The summed E-state index contributed by atoms with van der Waals surface area (Å²) in [6.07, 6.45) is 1.59. The lowest BCUT2D eigenvalue weighted by Crippen LogP contribution is -2.49. The number of piperazine rings is 1. The number of hydrogen-bond acceptors (Lipinski definition) is 4. The van der Waals surface area contributed by atoms with E-state index in [4.69, 9.17) is 0 Å². The van der Waals surface area contributed by atoms with E-state index < -0.39 is 0 Å². The Labute approximate surface area is 132 Å². The van der Waals surface area contributed by atoms with Crippen LogP contribution in [0.5, 0.6) is 0 Å². The van der Waals surface area contributed by atoms with Gasteiger partial charge in [0.2, 0.25) is 5.91 Å². The SMILES string of the molecule is Cc1nn(C)c(C)c1CC(=O)N1CCC(N2CCNCC2)C1. The van der Waals surface area contributed by atoms with Gasteiger partial charge in [-0.25, -0.2) is 0 Å². The average Bonchev–Trinajstić information content (AvgIpc) is 3.10. The van der Waals surface area contributed by atoms with E-state index in [9.17, 15) is 4.79 Å². The Kier molecular flexibility index (Phi) is 4.49. The van der Waals surface area contributed by atoms with Crippen LogP contribution in [0.25, 0.3) is 0 Å². The summed E-state index contributed by atoms with van der Waals surface area (Å²) in [6, 6.07) is 0.544. The van der Waals surface area contributed by atoms with Gasteiger partial charge in [-0.3, -0.25) is 14.4 Å². The molecule has 22 heavy (non-hydrogen) atoms. The molecule has 1 aromatic rings. The molecule has 0 spiro atoms. The second kappa shape index (κ2) is 6.38. The van der Waals surface area contributed by atoms with E-state index in [-0.39, 0.29) is 5.91 Å². The van der Waals surface area contributed by atoms with Crippen molar-refractivity contribution in [1.29, 1.82) is 0 Å². The number of hydrogen-bond donors (Lipinski definition) is 1. The predicted molar refractivity (Wildman–Crippen MR) is 85.8 cm³/mol. The topological polar surface area (TPSA) is 53.4 Å². The number of aryl methyl sites for hydroxylation is 2. The Bertz CT molecular complexity index is 547. The summed E-state index contributed by atoms with van der Waals surface area (Å²) in [7, 11) is 1.94. The maximum Gasteiger partial charge on any atom is 0.227 e. The minimum Gasteiger partial charge on any atom is -0.341 e. The first kappa shape index (κ1) is 15.5. The van der Waals surface area contributed by atoms with Crippen molar-refractivity contribution < 1.29 is 4.79 Å². The van der Waals surface area contributed by atoms with Crippen molar-refractivity contribution in [3.8, 4) is 0 Å². The van der Waals surface area contributed by atoms with Crippen LogP contribution in [0, 0.1) is 13.8 Å². The zero-order valence-electron chi connectivity index (χ0n) is 13.9. The molecule has 0 saturated carbocycles. The van der Waals surface area contributed by atoms with Crippen molar-refractivity contribution in [1.82, 2.24) is 24.9 Å². The molecule has 2 aliphatic rings. The van der Waals surface area contributed by atoms with Crippen LogP contribution in [0.15, 0.2) is 0 Å². The third-order valence-electron chi connectivity index (χ3n) is 5.17. The molecule has 3 rings (SSSR count). The molecule has 0 radical (unpaired) electrons. The van der Waals surface area contributed by atoms with Gasteiger partial charge in [-0.2, -0.15) is 5.10 Å². The third-order valence-corrected chi connectivity index (χ3v) is 5.17. The molecule has 3 heterocycles. The van der Waals surface area contributed by atoms with Crippen LogP contribution in [-0.2, 0) is 18.3 Å². The second-order valence-electron chi connectivity index (χ2n) is 6.52. The van der Waals surface area contributed by atoms with Crippen LogP contribution in [0.2, 0.25) is 0 Å². The Morgan fingerprint density at radius 2 is 2.00 bits per heavy atom. The highest BCUT2D eigenvalue weighted by atomic mass is 16.2. The molecule has 0 aliphatic carbocycles. The van der Waals surface area contributed by atoms with E-state index in [1.54, 1.807) is 0 Å². The van der Waals surface area contributed by atoms with Gasteiger partial charge in [-0.1, -0.05) is 0 Å². The summed E-state index contributed by atoms with van der Waals surface area (Å²) in [5.41, 5.74) is 3.17. The molecular weight excluding hydrogens is 278 g/mol. The van der Waals surface area contributed by atoms with E-state index in [1.165, 1.54) is 0 Å². The molecule has 6 heteroatoms. The fourth-order valence-electron chi connectivity index (χ4n) is 3.65. The number of carbonyl (C=O) groups is 1. The van der Waals surface area contributed by atoms with Crippen LogP contribution in [0.3, 0.4) is 0 Å². The lowest BCUT2D eigenvalue weighted by molar-refractivity contribution is -0.129. The minimum absolute atomic E-state index is 0.247. The number of nitrogens with one attached hydrogen (secondary N) is 1. The molecule has 122 valence electrons. The van der Waals surface area contributed by atoms with Crippen LogP contribution < -0.4 is 5.32 Å². The first-order chi connectivity index (χ1) is 10.6. The van der Waals surface area contributed by atoms with Gasteiger partial charge < -0.3 is 10.2 Å². The van der Waals surface area contributed by atoms with Gasteiger partial charge in [0.25, 0.3) is 0 Å². The summed E-state index contributed by atoms with van der Waals surface area (Å²) in [5, 5.41) is 7.80. The number of likely N-dealkylation sites (tertiary alicyclic amines) is 1.